The monoisotopic (exact) mass is 325 g/mol. The Morgan fingerprint density at radius 2 is 1.43 bits per heavy atom. The number of hydrogen-bond acceptors (Lipinski definition) is 2. The van der Waals surface area contributed by atoms with Crippen LogP contribution < -0.4 is 15.7 Å². The summed E-state index contributed by atoms with van der Waals surface area (Å²) in [6, 6.07) is 22.2. The Morgan fingerprint density at radius 3 is 1.78 bits per heavy atom. The highest BCUT2D eigenvalue weighted by Gasteiger charge is 2.50. The highest BCUT2D eigenvalue weighted by atomic mass is 28.4. The van der Waals surface area contributed by atoms with E-state index >= 15 is 0 Å². The summed E-state index contributed by atoms with van der Waals surface area (Å²) < 4.78 is 6.85. The van der Waals surface area contributed by atoms with Gasteiger partial charge in [-0.05, 0) is 28.4 Å². The molecule has 1 fully saturated rings. The lowest BCUT2D eigenvalue weighted by molar-refractivity contribution is 0.207. The van der Waals surface area contributed by atoms with Crippen LogP contribution in [0.2, 0.25) is 5.04 Å². The van der Waals surface area contributed by atoms with Gasteiger partial charge in [-0.3, -0.25) is 0 Å². The molecule has 1 aliphatic rings. The topological polar surface area (TPSA) is 21.3 Å². The lowest BCUT2D eigenvalue weighted by Crippen LogP contribution is -2.67. The molecule has 1 N–H and O–H groups in total. The first-order valence-corrected chi connectivity index (χ1v) is 10.4. The second kappa shape index (κ2) is 6.60. The molecule has 0 radical (unpaired) electrons. The van der Waals surface area contributed by atoms with Crippen molar-refractivity contribution in [2.75, 3.05) is 13.2 Å². The molecule has 23 heavy (non-hydrogen) atoms. The van der Waals surface area contributed by atoms with E-state index in [9.17, 15) is 0 Å². The van der Waals surface area contributed by atoms with Gasteiger partial charge in [0.2, 0.25) is 0 Å². The summed E-state index contributed by atoms with van der Waals surface area (Å²) in [6.45, 7) is 8.90. The van der Waals surface area contributed by atoms with E-state index in [0.717, 1.165) is 13.2 Å². The molecule has 2 nitrogen and oxygen atoms in total. The van der Waals surface area contributed by atoms with Gasteiger partial charge in [0, 0.05) is 6.04 Å². The number of nitrogens with one attached hydrogen (secondary N) is 1. The molecule has 0 spiro atoms. The molecule has 1 aliphatic heterocycles. The molecule has 3 rings (SSSR count). The van der Waals surface area contributed by atoms with Gasteiger partial charge in [0.1, 0.15) is 0 Å². The Hall–Kier alpha value is -1.42. The average molecular weight is 326 g/mol. The van der Waals surface area contributed by atoms with E-state index in [0.29, 0.717) is 6.04 Å². The number of hydrogen-bond donors (Lipinski definition) is 1. The average Bonchev–Trinajstić information content (AvgIpc) is 2.50. The van der Waals surface area contributed by atoms with Gasteiger partial charge in [-0.2, -0.15) is 0 Å². The van der Waals surface area contributed by atoms with E-state index < -0.39 is 8.32 Å². The highest BCUT2D eigenvalue weighted by molar-refractivity contribution is 6.99. The van der Waals surface area contributed by atoms with Crippen molar-refractivity contribution in [2.24, 2.45) is 0 Å². The van der Waals surface area contributed by atoms with Crippen molar-refractivity contribution >= 4 is 18.7 Å². The van der Waals surface area contributed by atoms with Crippen LogP contribution in [-0.4, -0.2) is 27.5 Å². The summed E-state index contributed by atoms with van der Waals surface area (Å²) in [6.07, 6.45) is 1.22. The zero-order valence-corrected chi connectivity index (χ0v) is 15.4. The van der Waals surface area contributed by atoms with Crippen LogP contribution in [0.5, 0.6) is 0 Å². The third kappa shape index (κ3) is 3.14. The molecule has 0 unspecified atom stereocenters. The van der Waals surface area contributed by atoms with Gasteiger partial charge in [-0.15, -0.1) is 0 Å². The fraction of sp³-hybridized carbons (Fsp3) is 0.400. The fourth-order valence-corrected chi connectivity index (χ4v) is 8.08. The largest absolute Gasteiger partial charge is 0.406 e. The minimum Gasteiger partial charge on any atom is -0.406 e. The minimum atomic E-state index is -2.33. The van der Waals surface area contributed by atoms with Gasteiger partial charge in [-0.1, -0.05) is 81.4 Å². The van der Waals surface area contributed by atoms with Crippen LogP contribution in [0.4, 0.5) is 0 Å². The van der Waals surface area contributed by atoms with E-state index in [4.69, 9.17) is 4.43 Å². The Kier molecular flexibility index (Phi) is 4.71. The van der Waals surface area contributed by atoms with Gasteiger partial charge in [-0.25, -0.2) is 0 Å². The quantitative estimate of drug-likeness (QED) is 0.854. The van der Waals surface area contributed by atoms with Crippen LogP contribution in [0.25, 0.3) is 0 Å². The van der Waals surface area contributed by atoms with Gasteiger partial charge in [0.15, 0.2) is 0 Å². The summed E-state index contributed by atoms with van der Waals surface area (Å²) in [7, 11) is -2.33. The molecular formula is C20H27NOSi. The standard InChI is InChI=1S/C20H27NOSi/c1-20(2,3)23(18-10-6-4-7-11-18,19-12-8-5-9-13-19)22-16-17-14-15-21-17/h4-13,17,21H,14-16H2,1-3H3/t17-/m0/s1. The number of rotatable bonds is 5. The molecule has 2 aromatic carbocycles. The molecule has 0 saturated carbocycles. The SMILES string of the molecule is CC(C)(C)[Si](OC[C@@H]1CCN1)(c1ccccc1)c1ccccc1. The minimum absolute atomic E-state index is 0.0689. The van der Waals surface area contributed by atoms with E-state index in [2.05, 4.69) is 86.8 Å². The maximum atomic E-state index is 6.85. The summed E-state index contributed by atoms with van der Waals surface area (Å²) >= 11 is 0. The second-order valence-corrected chi connectivity index (χ2v) is 11.7. The smallest absolute Gasteiger partial charge is 0.261 e. The van der Waals surface area contributed by atoms with E-state index in [-0.39, 0.29) is 5.04 Å². The normalized spacial score (nSPS) is 18.5. The van der Waals surface area contributed by atoms with Crippen LogP contribution in [0.1, 0.15) is 27.2 Å². The van der Waals surface area contributed by atoms with Crippen LogP contribution in [0.15, 0.2) is 60.7 Å². The van der Waals surface area contributed by atoms with Crippen LogP contribution in [0.3, 0.4) is 0 Å². The van der Waals surface area contributed by atoms with E-state index in [1.54, 1.807) is 0 Å². The Morgan fingerprint density at radius 1 is 0.957 bits per heavy atom. The second-order valence-electron chi connectivity index (χ2n) is 7.41. The van der Waals surface area contributed by atoms with E-state index in [1.165, 1.54) is 16.8 Å². The Balaban J connectivity index is 2.08. The highest BCUT2D eigenvalue weighted by Crippen LogP contribution is 2.36. The lowest BCUT2D eigenvalue weighted by atomic mass is 10.1. The van der Waals surface area contributed by atoms with Crippen LogP contribution >= 0.6 is 0 Å². The van der Waals surface area contributed by atoms with Gasteiger partial charge in [0.05, 0.1) is 6.61 Å². The molecule has 1 saturated heterocycles. The summed E-state index contributed by atoms with van der Waals surface area (Å²) in [5.41, 5.74) is 0. The van der Waals surface area contributed by atoms with Crippen molar-refractivity contribution < 1.29 is 4.43 Å². The molecule has 1 atom stereocenters. The first kappa shape index (κ1) is 16.4. The van der Waals surface area contributed by atoms with Gasteiger partial charge < -0.3 is 9.74 Å². The maximum absolute atomic E-state index is 6.85. The molecule has 0 amide bonds. The van der Waals surface area contributed by atoms with Gasteiger partial charge >= 0.3 is 0 Å². The summed E-state index contributed by atoms with van der Waals surface area (Å²) in [5, 5.41) is 6.26. The molecule has 0 bridgehead atoms. The lowest BCUT2D eigenvalue weighted by Gasteiger charge is -2.44. The molecule has 3 heteroatoms. The molecule has 122 valence electrons. The van der Waals surface area contributed by atoms with Crippen molar-refractivity contribution in [2.45, 2.75) is 38.3 Å². The van der Waals surface area contributed by atoms with Crippen LogP contribution in [0, 0.1) is 0 Å². The number of benzene rings is 2. The molecular weight excluding hydrogens is 298 g/mol. The van der Waals surface area contributed by atoms with Crippen molar-refractivity contribution in [1.82, 2.24) is 5.32 Å². The zero-order chi connectivity index (χ0) is 16.3. The van der Waals surface area contributed by atoms with Crippen molar-refractivity contribution in [3.05, 3.63) is 60.7 Å². The predicted molar refractivity (Wildman–Crippen MR) is 100.0 cm³/mol. The van der Waals surface area contributed by atoms with Crippen molar-refractivity contribution in [1.29, 1.82) is 0 Å². The Labute approximate surface area is 141 Å². The zero-order valence-electron chi connectivity index (χ0n) is 14.4. The first-order chi connectivity index (χ1) is 11.0. The maximum Gasteiger partial charge on any atom is 0.261 e. The summed E-state index contributed by atoms with van der Waals surface area (Å²) in [5.74, 6) is 0. The van der Waals surface area contributed by atoms with Crippen LogP contribution in [-0.2, 0) is 4.43 Å². The Bertz CT molecular complexity index is 578. The fourth-order valence-electron chi connectivity index (χ4n) is 3.48. The third-order valence-electron chi connectivity index (χ3n) is 4.84. The van der Waals surface area contributed by atoms with Gasteiger partial charge in [0.25, 0.3) is 8.32 Å². The van der Waals surface area contributed by atoms with Crippen molar-refractivity contribution in [3.8, 4) is 0 Å². The van der Waals surface area contributed by atoms with E-state index in [1.807, 2.05) is 0 Å². The summed E-state index contributed by atoms with van der Waals surface area (Å²) in [4.78, 5) is 0. The predicted octanol–water partition coefficient (Wildman–Crippen LogP) is 2.92. The molecule has 0 aliphatic carbocycles. The molecule has 0 aromatic heterocycles. The third-order valence-corrected chi connectivity index (χ3v) is 9.85. The first-order valence-electron chi connectivity index (χ1n) is 8.52. The van der Waals surface area contributed by atoms with Crippen molar-refractivity contribution in [3.63, 3.8) is 0 Å². The molecule has 2 aromatic rings. The molecule has 1 heterocycles.